The molecule has 0 amide bonds. The molecule has 3 unspecified atom stereocenters. The van der Waals surface area contributed by atoms with Crippen molar-refractivity contribution in [1.29, 1.82) is 0 Å². The molecule has 1 aromatic rings. The van der Waals surface area contributed by atoms with Gasteiger partial charge in [-0.1, -0.05) is 13.0 Å². The average molecular weight is 263 g/mol. The smallest absolute Gasteiger partial charge is 0.119 e. The van der Waals surface area contributed by atoms with Gasteiger partial charge in [0.15, 0.2) is 0 Å². The average Bonchev–Trinajstić information content (AvgIpc) is 2.59. The summed E-state index contributed by atoms with van der Waals surface area (Å²) in [5.74, 6) is 0.985. The summed E-state index contributed by atoms with van der Waals surface area (Å²) in [7, 11) is 1.75. The van der Waals surface area contributed by atoms with Crippen LogP contribution in [0.2, 0.25) is 0 Å². The molecule has 1 aliphatic heterocycles. The second kappa shape index (κ2) is 5.14. The number of benzene rings is 1. The van der Waals surface area contributed by atoms with Gasteiger partial charge in [-0.3, -0.25) is 0 Å². The zero-order valence-corrected chi connectivity index (χ0v) is 11.9. The highest BCUT2D eigenvalue weighted by molar-refractivity contribution is 8.00. The molecule has 1 aliphatic carbocycles. The Bertz CT molecular complexity index is 435. The number of rotatable bonds is 1. The van der Waals surface area contributed by atoms with Gasteiger partial charge in [0.25, 0.3) is 0 Å². The number of aryl methyl sites for hydroxylation is 1. The zero-order valence-electron chi connectivity index (χ0n) is 11.1. The first-order chi connectivity index (χ1) is 8.78. The fraction of sp³-hybridized carbons (Fsp3) is 0.600. The third kappa shape index (κ3) is 2.26. The van der Waals surface area contributed by atoms with Gasteiger partial charge < -0.3 is 10.1 Å². The Labute approximate surface area is 113 Å². The SMILES string of the molecule is COc1ccc2c(c1)C1NCCC(C)SC1CC2. The summed E-state index contributed by atoms with van der Waals surface area (Å²) in [5.41, 5.74) is 2.96. The predicted octanol–water partition coefficient (Wildman–Crippen LogP) is 3.17. The van der Waals surface area contributed by atoms with Gasteiger partial charge in [-0.15, -0.1) is 0 Å². The van der Waals surface area contributed by atoms with E-state index in [-0.39, 0.29) is 0 Å². The van der Waals surface area contributed by atoms with E-state index in [1.54, 1.807) is 7.11 Å². The highest BCUT2D eigenvalue weighted by atomic mass is 32.2. The molecule has 1 saturated heterocycles. The fourth-order valence-electron chi connectivity index (χ4n) is 3.08. The molecule has 0 spiro atoms. The first-order valence-corrected chi connectivity index (χ1v) is 7.78. The maximum Gasteiger partial charge on any atom is 0.119 e. The number of ether oxygens (including phenoxy) is 1. The normalized spacial score (nSPS) is 31.1. The molecule has 18 heavy (non-hydrogen) atoms. The molecule has 0 radical (unpaired) electrons. The Kier molecular flexibility index (Phi) is 3.53. The summed E-state index contributed by atoms with van der Waals surface area (Å²) in [6, 6.07) is 7.07. The van der Waals surface area contributed by atoms with Gasteiger partial charge in [0.2, 0.25) is 0 Å². The maximum absolute atomic E-state index is 5.38. The van der Waals surface area contributed by atoms with Crippen LogP contribution in [-0.2, 0) is 6.42 Å². The molecular weight excluding hydrogens is 242 g/mol. The van der Waals surface area contributed by atoms with Crippen LogP contribution in [0.5, 0.6) is 5.75 Å². The molecule has 1 heterocycles. The summed E-state index contributed by atoms with van der Waals surface area (Å²) in [4.78, 5) is 0. The molecule has 0 saturated carbocycles. The maximum atomic E-state index is 5.38. The van der Waals surface area contributed by atoms with Crippen molar-refractivity contribution in [2.24, 2.45) is 0 Å². The van der Waals surface area contributed by atoms with E-state index in [9.17, 15) is 0 Å². The van der Waals surface area contributed by atoms with E-state index >= 15 is 0 Å². The molecule has 0 aromatic heterocycles. The van der Waals surface area contributed by atoms with Crippen molar-refractivity contribution < 1.29 is 4.74 Å². The van der Waals surface area contributed by atoms with Crippen LogP contribution < -0.4 is 10.1 Å². The number of nitrogens with one attached hydrogen (secondary N) is 1. The summed E-state index contributed by atoms with van der Waals surface area (Å²) in [6.45, 7) is 3.49. The molecular formula is C15H21NOS. The molecule has 98 valence electrons. The number of thioether (sulfide) groups is 1. The van der Waals surface area contributed by atoms with Crippen molar-refractivity contribution in [1.82, 2.24) is 5.32 Å². The minimum atomic E-state index is 0.513. The lowest BCUT2D eigenvalue weighted by Crippen LogP contribution is -2.33. The number of fused-ring (bicyclic) bond motifs is 3. The van der Waals surface area contributed by atoms with Crippen LogP contribution in [0.1, 0.15) is 36.9 Å². The van der Waals surface area contributed by atoms with Crippen LogP contribution in [0.25, 0.3) is 0 Å². The van der Waals surface area contributed by atoms with Crippen molar-refractivity contribution >= 4 is 11.8 Å². The Morgan fingerprint density at radius 1 is 1.33 bits per heavy atom. The Morgan fingerprint density at radius 3 is 3.06 bits per heavy atom. The highest BCUT2D eigenvalue weighted by Crippen LogP contribution is 2.41. The lowest BCUT2D eigenvalue weighted by molar-refractivity contribution is 0.410. The summed E-state index contributed by atoms with van der Waals surface area (Å²) in [6.07, 6.45) is 3.78. The van der Waals surface area contributed by atoms with Crippen LogP contribution in [0.15, 0.2) is 18.2 Å². The lowest BCUT2D eigenvalue weighted by atomic mass is 9.87. The van der Waals surface area contributed by atoms with E-state index in [4.69, 9.17) is 4.74 Å². The van der Waals surface area contributed by atoms with Crippen molar-refractivity contribution in [2.45, 2.75) is 42.7 Å². The summed E-state index contributed by atoms with van der Waals surface area (Å²) >= 11 is 2.16. The van der Waals surface area contributed by atoms with E-state index in [0.717, 1.165) is 22.8 Å². The molecule has 3 heteroatoms. The second-order valence-corrected chi connectivity index (χ2v) is 6.99. The molecule has 3 rings (SSSR count). The van der Waals surface area contributed by atoms with Gasteiger partial charge in [0, 0.05) is 16.5 Å². The largest absolute Gasteiger partial charge is 0.497 e. The molecule has 1 fully saturated rings. The van der Waals surface area contributed by atoms with E-state index < -0.39 is 0 Å². The standard InChI is InChI=1S/C15H21NOS/c1-10-7-8-16-15-13-9-12(17-2)5-3-11(13)4-6-14(15)18-10/h3,5,9-10,14-16H,4,6-8H2,1-2H3. The molecule has 0 bridgehead atoms. The first kappa shape index (κ1) is 12.4. The van der Waals surface area contributed by atoms with Crippen molar-refractivity contribution in [3.8, 4) is 5.75 Å². The molecule has 2 nitrogen and oxygen atoms in total. The second-order valence-electron chi connectivity index (χ2n) is 5.31. The Balaban J connectivity index is 1.94. The third-order valence-corrected chi connectivity index (χ3v) is 5.64. The first-order valence-electron chi connectivity index (χ1n) is 6.83. The van der Waals surface area contributed by atoms with Crippen LogP contribution in [-0.4, -0.2) is 24.2 Å². The van der Waals surface area contributed by atoms with Gasteiger partial charge >= 0.3 is 0 Å². The van der Waals surface area contributed by atoms with Crippen LogP contribution >= 0.6 is 11.8 Å². The third-order valence-electron chi connectivity index (χ3n) is 4.08. The van der Waals surface area contributed by atoms with Gasteiger partial charge in [0.05, 0.1) is 7.11 Å². The van der Waals surface area contributed by atoms with E-state index in [1.807, 2.05) is 0 Å². The van der Waals surface area contributed by atoms with Gasteiger partial charge in [-0.25, -0.2) is 0 Å². The predicted molar refractivity (Wildman–Crippen MR) is 77.5 cm³/mol. The zero-order chi connectivity index (χ0) is 12.5. The van der Waals surface area contributed by atoms with Crippen LogP contribution in [0.3, 0.4) is 0 Å². The minimum absolute atomic E-state index is 0.513. The van der Waals surface area contributed by atoms with Crippen LogP contribution in [0, 0.1) is 0 Å². The van der Waals surface area contributed by atoms with Crippen LogP contribution in [0.4, 0.5) is 0 Å². The van der Waals surface area contributed by atoms with E-state index in [2.05, 4.69) is 42.2 Å². The molecule has 3 atom stereocenters. The Hall–Kier alpha value is -0.670. The Morgan fingerprint density at radius 2 is 2.22 bits per heavy atom. The molecule has 2 aliphatic rings. The minimum Gasteiger partial charge on any atom is -0.497 e. The van der Waals surface area contributed by atoms with Gasteiger partial charge in [-0.05, 0) is 49.1 Å². The van der Waals surface area contributed by atoms with E-state index in [1.165, 1.54) is 30.4 Å². The van der Waals surface area contributed by atoms with Gasteiger partial charge in [-0.2, -0.15) is 11.8 Å². The lowest BCUT2D eigenvalue weighted by Gasteiger charge is -2.33. The topological polar surface area (TPSA) is 21.3 Å². The molecule has 1 N–H and O–H groups in total. The number of hydrogen-bond acceptors (Lipinski definition) is 3. The summed E-state index contributed by atoms with van der Waals surface area (Å²) in [5, 5.41) is 5.25. The van der Waals surface area contributed by atoms with E-state index in [0.29, 0.717) is 6.04 Å². The number of methoxy groups -OCH3 is 1. The fourth-order valence-corrected chi connectivity index (χ4v) is 4.58. The summed E-state index contributed by atoms with van der Waals surface area (Å²) < 4.78 is 5.38. The van der Waals surface area contributed by atoms with Crippen molar-refractivity contribution in [3.05, 3.63) is 29.3 Å². The van der Waals surface area contributed by atoms with Crippen molar-refractivity contribution in [2.75, 3.05) is 13.7 Å². The highest BCUT2D eigenvalue weighted by Gasteiger charge is 2.32. The molecule has 1 aromatic carbocycles. The monoisotopic (exact) mass is 263 g/mol. The number of hydrogen-bond donors (Lipinski definition) is 1. The van der Waals surface area contributed by atoms with Crippen molar-refractivity contribution in [3.63, 3.8) is 0 Å². The quantitative estimate of drug-likeness (QED) is 0.841. The van der Waals surface area contributed by atoms with Gasteiger partial charge in [0.1, 0.15) is 5.75 Å².